The smallest absolute Gasteiger partial charge is 0.361 e. The van der Waals surface area contributed by atoms with Crippen molar-refractivity contribution in [1.29, 1.82) is 0 Å². The maximum atomic E-state index is 11.7. The Morgan fingerprint density at radius 3 is 2.95 bits per heavy atom. The summed E-state index contributed by atoms with van der Waals surface area (Å²) in [6.07, 6.45) is 7.99. The number of carbonyl (C=O) groups excluding carboxylic acids is 1. The average molecular weight is 263 g/mol. The number of rotatable bonds is 6. The van der Waals surface area contributed by atoms with Gasteiger partial charge in [0.25, 0.3) is 0 Å². The Bertz CT molecular complexity index is 448. The lowest BCUT2D eigenvalue weighted by Crippen LogP contribution is -2.10. The van der Waals surface area contributed by atoms with Crippen LogP contribution in [-0.4, -0.2) is 27.6 Å². The minimum absolute atomic E-state index is 0.202. The normalized spacial score (nSPS) is 15.6. The third-order valence-electron chi connectivity index (χ3n) is 3.73. The molecule has 0 bridgehead atoms. The predicted molar refractivity (Wildman–Crippen MR) is 71.8 cm³/mol. The molecule has 1 heterocycles. The minimum Gasteiger partial charge on any atom is -0.457 e. The van der Waals surface area contributed by atoms with Crippen LogP contribution in [0, 0.1) is 12.8 Å². The van der Waals surface area contributed by atoms with Gasteiger partial charge >= 0.3 is 5.97 Å². The van der Waals surface area contributed by atoms with Crippen LogP contribution < -0.4 is 0 Å². The summed E-state index contributed by atoms with van der Waals surface area (Å²) in [5, 5.41) is 7.96. The highest BCUT2D eigenvalue weighted by molar-refractivity contribution is 5.88. The summed E-state index contributed by atoms with van der Waals surface area (Å²) in [5.41, 5.74) is 1.10. The van der Waals surface area contributed by atoms with Crippen LogP contribution in [0.25, 0.3) is 0 Å². The summed E-state index contributed by atoms with van der Waals surface area (Å²) in [6, 6.07) is 0. The van der Waals surface area contributed by atoms with E-state index in [0.29, 0.717) is 5.69 Å². The maximum Gasteiger partial charge on any atom is 0.361 e. The van der Waals surface area contributed by atoms with Crippen LogP contribution in [0.15, 0.2) is 12.7 Å². The molecule has 0 atom stereocenters. The van der Waals surface area contributed by atoms with E-state index in [1.807, 2.05) is 11.6 Å². The lowest BCUT2D eigenvalue weighted by Gasteiger charge is -2.09. The molecule has 0 radical (unpaired) electrons. The Kier molecular flexibility index (Phi) is 4.71. The minimum atomic E-state index is -0.426. The highest BCUT2D eigenvalue weighted by atomic mass is 16.5. The second-order valence-electron chi connectivity index (χ2n) is 5.07. The molecule has 104 valence electrons. The SMILES string of the molecule is C=CCOC(=O)c1nnn(CCC2CCCC2)c1C. The number of ether oxygens (including phenoxy) is 1. The predicted octanol–water partition coefficient (Wildman–Crippen LogP) is 2.51. The number of hydrogen-bond donors (Lipinski definition) is 0. The lowest BCUT2D eigenvalue weighted by atomic mass is 10.0. The number of aromatic nitrogens is 3. The first-order valence-corrected chi connectivity index (χ1v) is 6.90. The zero-order chi connectivity index (χ0) is 13.7. The summed E-state index contributed by atoms with van der Waals surface area (Å²) in [5.74, 6) is 0.379. The molecule has 1 aromatic rings. The fourth-order valence-electron chi connectivity index (χ4n) is 2.57. The Hall–Kier alpha value is -1.65. The highest BCUT2D eigenvalue weighted by Gasteiger charge is 2.19. The lowest BCUT2D eigenvalue weighted by molar-refractivity contribution is 0.0542. The van der Waals surface area contributed by atoms with Crippen LogP contribution in [-0.2, 0) is 11.3 Å². The van der Waals surface area contributed by atoms with Crippen molar-refractivity contribution in [3.8, 4) is 0 Å². The average Bonchev–Trinajstić information content (AvgIpc) is 3.03. The number of nitrogens with zero attached hydrogens (tertiary/aromatic N) is 3. The fourth-order valence-corrected chi connectivity index (χ4v) is 2.57. The van der Waals surface area contributed by atoms with Gasteiger partial charge in [-0.15, -0.1) is 5.10 Å². The van der Waals surface area contributed by atoms with Crippen molar-refractivity contribution < 1.29 is 9.53 Å². The van der Waals surface area contributed by atoms with Gasteiger partial charge in [0.1, 0.15) is 6.61 Å². The summed E-state index contributed by atoms with van der Waals surface area (Å²) in [7, 11) is 0. The molecular formula is C14H21N3O2. The van der Waals surface area contributed by atoms with Crippen LogP contribution in [0.2, 0.25) is 0 Å². The molecule has 0 aliphatic heterocycles. The van der Waals surface area contributed by atoms with Crippen LogP contribution in [0.5, 0.6) is 0 Å². The molecular weight excluding hydrogens is 242 g/mol. The maximum absolute atomic E-state index is 11.7. The summed E-state index contributed by atoms with van der Waals surface area (Å²) >= 11 is 0. The molecule has 0 amide bonds. The Labute approximate surface area is 113 Å². The van der Waals surface area contributed by atoms with Crippen molar-refractivity contribution in [3.63, 3.8) is 0 Å². The van der Waals surface area contributed by atoms with Crippen LogP contribution >= 0.6 is 0 Å². The molecule has 1 aliphatic rings. The van der Waals surface area contributed by atoms with Crippen molar-refractivity contribution >= 4 is 5.97 Å². The molecule has 5 heteroatoms. The van der Waals surface area contributed by atoms with Crippen LogP contribution in [0.1, 0.15) is 48.3 Å². The molecule has 0 aromatic carbocycles. The second-order valence-corrected chi connectivity index (χ2v) is 5.07. The Morgan fingerprint density at radius 1 is 1.53 bits per heavy atom. The Morgan fingerprint density at radius 2 is 2.26 bits per heavy atom. The third kappa shape index (κ3) is 3.43. The molecule has 1 aliphatic carbocycles. The zero-order valence-electron chi connectivity index (χ0n) is 11.5. The first kappa shape index (κ1) is 13.8. The molecule has 0 unspecified atom stereocenters. The monoisotopic (exact) mass is 263 g/mol. The quantitative estimate of drug-likeness (QED) is 0.584. The van der Waals surface area contributed by atoms with Crippen LogP contribution in [0.3, 0.4) is 0 Å². The first-order valence-electron chi connectivity index (χ1n) is 6.90. The molecule has 19 heavy (non-hydrogen) atoms. The van der Waals surface area contributed by atoms with Crippen LogP contribution in [0.4, 0.5) is 0 Å². The van der Waals surface area contributed by atoms with E-state index in [1.54, 1.807) is 0 Å². The van der Waals surface area contributed by atoms with Gasteiger partial charge in [-0.1, -0.05) is 43.6 Å². The van der Waals surface area contributed by atoms with Gasteiger partial charge in [0.15, 0.2) is 5.69 Å². The first-order chi connectivity index (χ1) is 9.22. The van der Waals surface area contributed by atoms with Crippen molar-refractivity contribution in [3.05, 3.63) is 24.0 Å². The van der Waals surface area contributed by atoms with Crippen molar-refractivity contribution in [2.75, 3.05) is 6.61 Å². The molecule has 1 fully saturated rings. The summed E-state index contributed by atoms with van der Waals surface area (Å²) in [6.45, 7) is 6.40. The van der Waals surface area contributed by atoms with Crippen molar-refractivity contribution in [1.82, 2.24) is 15.0 Å². The van der Waals surface area contributed by atoms with Gasteiger partial charge < -0.3 is 4.74 Å². The van der Waals surface area contributed by atoms with Gasteiger partial charge in [-0.3, -0.25) is 0 Å². The van der Waals surface area contributed by atoms with Gasteiger partial charge in [-0.05, 0) is 19.3 Å². The number of esters is 1. The summed E-state index contributed by atoms with van der Waals surface area (Å²) < 4.78 is 6.78. The van der Waals surface area contributed by atoms with E-state index >= 15 is 0 Å². The van der Waals surface area contributed by atoms with Gasteiger partial charge in [-0.2, -0.15) is 0 Å². The van der Waals surface area contributed by atoms with Gasteiger partial charge in [0.05, 0.1) is 5.69 Å². The van der Waals surface area contributed by atoms with E-state index in [1.165, 1.54) is 31.8 Å². The number of hydrogen-bond acceptors (Lipinski definition) is 4. The van der Waals surface area contributed by atoms with E-state index < -0.39 is 5.97 Å². The highest BCUT2D eigenvalue weighted by Crippen LogP contribution is 2.27. The molecule has 0 saturated heterocycles. The van der Waals surface area contributed by atoms with E-state index in [9.17, 15) is 4.79 Å². The van der Waals surface area contributed by atoms with E-state index in [4.69, 9.17) is 4.74 Å². The fraction of sp³-hybridized carbons (Fsp3) is 0.643. The molecule has 2 rings (SSSR count). The standard InChI is InChI=1S/C14H21N3O2/c1-3-10-19-14(18)13-11(2)17(16-15-13)9-8-12-6-4-5-7-12/h3,12H,1,4-10H2,2H3. The summed E-state index contributed by atoms with van der Waals surface area (Å²) in [4.78, 5) is 11.7. The number of aryl methyl sites for hydroxylation is 1. The van der Waals surface area contributed by atoms with Crippen molar-refractivity contribution in [2.45, 2.75) is 45.6 Å². The molecule has 1 saturated carbocycles. The van der Waals surface area contributed by atoms with Gasteiger partial charge in [0.2, 0.25) is 0 Å². The van der Waals surface area contributed by atoms with Gasteiger partial charge in [0, 0.05) is 6.54 Å². The Balaban J connectivity index is 1.93. The number of carbonyl (C=O) groups is 1. The molecule has 0 spiro atoms. The molecule has 1 aromatic heterocycles. The van der Waals surface area contributed by atoms with Gasteiger partial charge in [-0.25, -0.2) is 9.48 Å². The zero-order valence-corrected chi connectivity index (χ0v) is 11.5. The van der Waals surface area contributed by atoms with E-state index in [2.05, 4.69) is 16.9 Å². The van der Waals surface area contributed by atoms with E-state index in [-0.39, 0.29) is 6.61 Å². The second kappa shape index (κ2) is 6.50. The molecule has 5 nitrogen and oxygen atoms in total. The van der Waals surface area contributed by atoms with Crippen molar-refractivity contribution in [2.24, 2.45) is 5.92 Å². The third-order valence-corrected chi connectivity index (χ3v) is 3.73. The van der Waals surface area contributed by atoms with E-state index in [0.717, 1.165) is 24.6 Å². The largest absolute Gasteiger partial charge is 0.457 e. The molecule has 0 N–H and O–H groups in total. The topological polar surface area (TPSA) is 57.0 Å².